The van der Waals surface area contributed by atoms with Gasteiger partial charge in [-0.3, -0.25) is 5.43 Å². The molecule has 6 nitrogen and oxygen atoms in total. The Morgan fingerprint density at radius 2 is 2.31 bits per heavy atom. The molecule has 0 atom stereocenters. The van der Waals surface area contributed by atoms with Crippen molar-refractivity contribution in [1.29, 1.82) is 0 Å². The zero-order valence-electron chi connectivity index (χ0n) is 9.32. The molecule has 2 rings (SSSR count). The normalized spacial score (nSPS) is 16.8. The number of aromatic nitrogens is 2. The van der Waals surface area contributed by atoms with Crippen LogP contribution in [0.5, 0.6) is 0 Å². The van der Waals surface area contributed by atoms with Crippen LogP contribution >= 0.6 is 0 Å². The number of nitrogens with one attached hydrogen (secondary N) is 1. The zero-order chi connectivity index (χ0) is 11.4. The van der Waals surface area contributed by atoms with Crippen LogP contribution in [0.4, 0.5) is 11.8 Å². The van der Waals surface area contributed by atoms with Crippen LogP contribution in [0.2, 0.25) is 0 Å². The van der Waals surface area contributed by atoms with Crippen LogP contribution in [-0.2, 0) is 6.42 Å². The summed E-state index contributed by atoms with van der Waals surface area (Å²) in [5.41, 5.74) is 15.5. The Morgan fingerprint density at radius 1 is 1.44 bits per heavy atom. The fraction of sp³-hybridized carbons (Fsp3) is 0.600. The van der Waals surface area contributed by atoms with Gasteiger partial charge in [-0.05, 0) is 19.3 Å². The van der Waals surface area contributed by atoms with Gasteiger partial charge in [-0.25, -0.2) is 9.99 Å². The molecule has 1 aliphatic rings. The van der Waals surface area contributed by atoms with E-state index in [1.165, 1.54) is 6.42 Å². The summed E-state index contributed by atoms with van der Waals surface area (Å²) < 4.78 is 0. The number of rotatable bonds is 4. The lowest BCUT2D eigenvalue weighted by atomic mass is 10.2. The zero-order valence-corrected chi connectivity index (χ0v) is 9.32. The van der Waals surface area contributed by atoms with E-state index in [0.717, 1.165) is 38.0 Å². The molecule has 0 aliphatic carbocycles. The summed E-state index contributed by atoms with van der Waals surface area (Å²) in [6, 6.07) is 0. The van der Waals surface area contributed by atoms with Gasteiger partial charge in [-0.15, -0.1) is 0 Å². The van der Waals surface area contributed by atoms with E-state index in [9.17, 15) is 0 Å². The lowest BCUT2D eigenvalue weighted by molar-refractivity contribution is 0.250. The van der Waals surface area contributed by atoms with Gasteiger partial charge in [0.05, 0.1) is 0 Å². The summed E-state index contributed by atoms with van der Waals surface area (Å²) in [4.78, 5) is 7.89. The van der Waals surface area contributed by atoms with Crippen LogP contribution in [0.15, 0.2) is 6.20 Å². The van der Waals surface area contributed by atoms with Crippen molar-refractivity contribution in [3.05, 3.63) is 11.8 Å². The van der Waals surface area contributed by atoms with Crippen LogP contribution in [0.1, 0.15) is 18.4 Å². The maximum Gasteiger partial charge on any atom is 0.221 e. The van der Waals surface area contributed by atoms with E-state index in [1.54, 1.807) is 6.20 Å². The van der Waals surface area contributed by atoms with Gasteiger partial charge in [0.2, 0.25) is 5.95 Å². The van der Waals surface area contributed by atoms with Crippen molar-refractivity contribution in [1.82, 2.24) is 20.4 Å². The Labute approximate surface area is 95.0 Å². The molecule has 5 N–H and O–H groups in total. The maximum atomic E-state index is 5.76. The first-order chi connectivity index (χ1) is 7.75. The number of anilines is 2. The third-order valence-electron chi connectivity index (χ3n) is 2.73. The van der Waals surface area contributed by atoms with E-state index in [-0.39, 0.29) is 5.95 Å². The molecule has 0 amide bonds. The van der Waals surface area contributed by atoms with Crippen molar-refractivity contribution in [3.8, 4) is 0 Å². The summed E-state index contributed by atoms with van der Waals surface area (Å²) >= 11 is 0. The van der Waals surface area contributed by atoms with E-state index in [4.69, 9.17) is 11.5 Å². The predicted molar refractivity (Wildman–Crippen MR) is 63.4 cm³/mol. The molecule has 1 aliphatic heterocycles. The van der Waals surface area contributed by atoms with E-state index < -0.39 is 0 Å². The Morgan fingerprint density at radius 3 is 3.00 bits per heavy atom. The van der Waals surface area contributed by atoms with Crippen molar-refractivity contribution < 1.29 is 0 Å². The van der Waals surface area contributed by atoms with Gasteiger partial charge >= 0.3 is 0 Å². The number of aryl methyl sites for hydroxylation is 1. The lowest BCUT2D eigenvalue weighted by Crippen LogP contribution is -2.31. The van der Waals surface area contributed by atoms with Crippen LogP contribution in [0.25, 0.3) is 0 Å². The number of nitrogens with two attached hydrogens (primary N) is 2. The third kappa shape index (κ3) is 2.80. The molecule has 0 unspecified atom stereocenters. The van der Waals surface area contributed by atoms with Gasteiger partial charge in [-0.1, -0.05) is 0 Å². The summed E-state index contributed by atoms with van der Waals surface area (Å²) in [7, 11) is 0. The highest BCUT2D eigenvalue weighted by Gasteiger charge is 2.10. The highest BCUT2D eigenvalue weighted by molar-refractivity contribution is 5.41. The fourth-order valence-corrected chi connectivity index (χ4v) is 1.86. The smallest absolute Gasteiger partial charge is 0.221 e. The van der Waals surface area contributed by atoms with Gasteiger partial charge < -0.3 is 11.5 Å². The van der Waals surface area contributed by atoms with Gasteiger partial charge in [0.1, 0.15) is 5.82 Å². The molecule has 0 aromatic carbocycles. The molecule has 88 valence electrons. The summed E-state index contributed by atoms with van der Waals surface area (Å²) in [5, 5.41) is 2.24. The summed E-state index contributed by atoms with van der Waals surface area (Å²) in [6.45, 7) is 3.25. The van der Waals surface area contributed by atoms with Gasteiger partial charge in [0.25, 0.3) is 0 Å². The molecular weight excluding hydrogens is 204 g/mol. The van der Waals surface area contributed by atoms with Gasteiger partial charge in [0, 0.05) is 31.4 Å². The minimum absolute atomic E-state index is 0.238. The van der Waals surface area contributed by atoms with Crippen molar-refractivity contribution >= 4 is 11.8 Å². The van der Waals surface area contributed by atoms with Crippen molar-refractivity contribution in [2.45, 2.75) is 19.3 Å². The molecule has 1 saturated heterocycles. The molecular formula is C10H18N6. The first kappa shape index (κ1) is 11.1. The molecule has 1 aromatic heterocycles. The number of nitrogen functional groups attached to an aromatic ring is 2. The molecule has 0 radical (unpaired) electrons. The van der Waals surface area contributed by atoms with Crippen molar-refractivity contribution in [2.75, 3.05) is 31.1 Å². The summed E-state index contributed by atoms with van der Waals surface area (Å²) in [5.74, 6) is 0.740. The second-order valence-corrected chi connectivity index (χ2v) is 3.99. The van der Waals surface area contributed by atoms with E-state index in [0.29, 0.717) is 5.82 Å². The van der Waals surface area contributed by atoms with Crippen LogP contribution in [-0.4, -0.2) is 34.6 Å². The molecule has 1 fully saturated rings. The molecule has 6 heteroatoms. The molecule has 0 spiro atoms. The molecule has 0 bridgehead atoms. The topological polar surface area (TPSA) is 93.1 Å². The monoisotopic (exact) mass is 222 g/mol. The first-order valence-electron chi connectivity index (χ1n) is 5.61. The fourth-order valence-electron chi connectivity index (χ4n) is 1.86. The average molecular weight is 222 g/mol. The van der Waals surface area contributed by atoms with Crippen LogP contribution in [0.3, 0.4) is 0 Å². The predicted octanol–water partition coefficient (Wildman–Crippen LogP) is -0.216. The number of hydrogen-bond donors (Lipinski definition) is 3. The Kier molecular flexibility index (Phi) is 3.53. The minimum atomic E-state index is 0.238. The highest BCUT2D eigenvalue weighted by Crippen LogP contribution is 2.11. The SMILES string of the molecule is Nc1ncc(CCCN2CCCN2)c(N)n1. The van der Waals surface area contributed by atoms with Crippen molar-refractivity contribution in [2.24, 2.45) is 0 Å². The van der Waals surface area contributed by atoms with Crippen molar-refractivity contribution in [3.63, 3.8) is 0 Å². The molecule has 1 aromatic rings. The van der Waals surface area contributed by atoms with Crippen LogP contribution < -0.4 is 16.9 Å². The largest absolute Gasteiger partial charge is 0.383 e. The Hall–Kier alpha value is -1.40. The second kappa shape index (κ2) is 5.09. The molecule has 0 saturated carbocycles. The van der Waals surface area contributed by atoms with Crippen LogP contribution in [0, 0.1) is 0 Å². The standard InChI is InChI=1S/C10H18N6/c11-9-8(7-13-10(12)15-9)3-1-5-16-6-2-4-14-16/h7,14H,1-6H2,(H4,11,12,13,15). The highest BCUT2D eigenvalue weighted by atomic mass is 15.5. The molecule has 16 heavy (non-hydrogen) atoms. The van der Waals surface area contributed by atoms with Gasteiger partial charge in [0.15, 0.2) is 0 Å². The second-order valence-electron chi connectivity index (χ2n) is 3.99. The number of hydrazine groups is 1. The lowest BCUT2D eigenvalue weighted by Gasteiger charge is -2.14. The Balaban J connectivity index is 1.80. The average Bonchev–Trinajstić information content (AvgIpc) is 2.74. The van der Waals surface area contributed by atoms with Gasteiger partial charge in [-0.2, -0.15) is 4.98 Å². The third-order valence-corrected chi connectivity index (χ3v) is 2.73. The van der Waals surface area contributed by atoms with E-state index in [2.05, 4.69) is 20.4 Å². The quantitative estimate of drug-likeness (QED) is 0.652. The minimum Gasteiger partial charge on any atom is -0.383 e. The van der Waals surface area contributed by atoms with E-state index in [1.807, 2.05) is 0 Å². The number of nitrogens with zero attached hydrogens (tertiary/aromatic N) is 3. The first-order valence-corrected chi connectivity index (χ1v) is 5.61. The maximum absolute atomic E-state index is 5.76. The Bertz CT molecular complexity index is 347. The molecule has 2 heterocycles. The summed E-state index contributed by atoms with van der Waals surface area (Å²) in [6.07, 6.45) is 4.89. The number of hydrogen-bond acceptors (Lipinski definition) is 6. The van der Waals surface area contributed by atoms with E-state index >= 15 is 0 Å².